The molecular weight excluding hydrogens is 244 g/mol. The number of hydrogen-bond donors (Lipinski definition) is 0. The average Bonchev–Trinajstić information content (AvgIpc) is 2.47. The van der Waals surface area contributed by atoms with Gasteiger partial charge in [0.15, 0.2) is 0 Å². The monoisotopic (exact) mass is 264 g/mol. The van der Waals surface area contributed by atoms with Crippen molar-refractivity contribution >= 4 is 0 Å². The van der Waals surface area contributed by atoms with Gasteiger partial charge in [0.1, 0.15) is 18.6 Å². The Morgan fingerprint density at radius 2 is 1.95 bits per heavy atom. The van der Waals surface area contributed by atoms with E-state index in [0.717, 1.165) is 11.3 Å². The number of methoxy groups -OCH3 is 2. The van der Waals surface area contributed by atoms with Gasteiger partial charge in [0.2, 0.25) is 0 Å². The lowest BCUT2D eigenvalue weighted by Gasteiger charge is -2.11. The lowest BCUT2D eigenvalue weighted by molar-refractivity contribution is -0.0609. The van der Waals surface area contributed by atoms with E-state index in [0.29, 0.717) is 19.6 Å². The Kier molecular flexibility index (Phi) is 7.68. The Hall–Kier alpha value is -1.54. The van der Waals surface area contributed by atoms with E-state index in [4.69, 9.17) is 25.4 Å². The molecule has 0 aliphatic rings. The van der Waals surface area contributed by atoms with Gasteiger partial charge in [0, 0.05) is 13.5 Å². The van der Waals surface area contributed by atoms with Crippen LogP contribution in [0.1, 0.15) is 12.0 Å². The minimum atomic E-state index is -0.268. The molecule has 0 amide bonds. The van der Waals surface area contributed by atoms with Gasteiger partial charge in [-0.2, -0.15) is 0 Å². The maximum absolute atomic E-state index is 5.55. The molecular formula is C15H20O4. The summed E-state index contributed by atoms with van der Waals surface area (Å²) in [6.45, 7) is 1.30. The smallest absolute Gasteiger partial charge is 0.148 e. The summed E-state index contributed by atoms with van der Waals surface area (Å²) in [5.41, 5.74) is 1.09. The molecule has 19 heavy (non-hydrogen) atoms. The largest absolute Gasteiger partial charge is 0.497 e. The first-order valence-electron chi connectivity index (χ1n) is 6.07. The van der Waals surface area contributed by atoms with Crippen LogP contribution in [-0.4, -0.2) is 33.7 Å². The molecule has 0 heterocycles. The Labute approximate surface area is 114 Å². The van der Waals surface area contributed by atoms with E-state index in [1.165, 1.54) is 0 Å². The predicted octanol–water partition coefficient (Wildman–Crippen LogP) is 2.22. The second kappa shape index (κ2) is 9.40. The van der Waals surface area contributed by atoms with Gasteiger partial charge >= 0.3 is 0 Å². The van der Waals surface area contributed by atoms with Crippen LogP contribution in [0.15, 0.2) is 24.3 Å². The number of hydrogen-bond acceptors (Lipinski definition) is 4. The van der Waals surface area contributed by atoms with Crippen LogP contribution in [0.4, 0.5) is 0 Å². The molecule has 0 saturated heterocycles. The first-order chi connectivity index (χ1) is 9.30. The van der Waals surface area contributed by atoms with E-state index in [1.807, 2.05) is 24.3 Å². The van der Waals surface area contributed by atoms with Crippen molar-refractivity contribution in [3.8, 4) is 18.1 Å². The topological polar surface area (TPSA) is 36.9 Å². The number of terminal acetylenes is 1. The maximum atomic E-state index is 5.55. The molecule has 1 aromatic carbocycles. The summed E-state index contributed by atoms with van der Waals surface area (Å²) in [5, 5.41) is 0. The minimum Gasteiger partial charge on any atom is -0.497 e. The molecule has 0 aliphatic carbocycles. The Morgan fingerprint density at radius 1 is 1.21 bits per heavy atom. The molecule has 4 heteroatoms. The quantitative estimate of drug-likeness (QED) is 0.389. The zero-order chi connectivity index (χ0) is 13.9. The van der Waals surface area contributed by atoms with Gasteiger partial charge in [0.05, 0.1) is 20.3 Å². The van der Waals surface area contributed by atoms with Crippen LogP contribution >= 0.6 is 0 Å². The molecule has 0 bridgehead atoms. The van der Waals surface area contributed by atoms with Crippen molar-refractivity contribution in [3.05, 3.63) is 29.8 Å². The molecule has 4 nitrogen and oxygen atoms in total. The summed E-state index contributed by atoms with van der Waals surface area (Å²) in [7, 11) is 3.21. The molecule has 1 atom stereocenters. The van der Waals surface area contributed by atoms with Crippen LogP contribution in [0.3, 0.4) is 0 Å². The van der Waals surface area contributed by atoms with Gasteiger partial charge in [-0.3, -0.25) is 0 Å². The van der Waals surface area contributed by atoms with Crippen molar-refractivity contribution in [2.45, 2.75) is 19.1 Å². The molecule has 0 aliphatic heterocycles. The summed E-state index contributed by atoms with van der Waals surface area (Å²) >= 11 is 0. The fraction of sp³-hybridized carbons (Fsp3) is 0.467. The highest BCUT2D eigenvalue weighted by Gasteiger charge is 2.04. The highest BCUT2D eigenvalue weighted by Crippen LogP contribution is 2.12. The first kappa shape index (κ1) is 15.5. The van der Waals surface area contributed by atoms with Crippen molar-refractivity contribution in [1.29, 1.82) is 0 Å². The van der Waals surface area contributed by atoms with Crippen molar-refractivity contribution in [2.24, 2.45) is 0 Å². The zero-order valence-electron chi connectivity index (χ0n) is 11.4. The van der Waals surface area contributed by atoms with Crippen LogP contribution in [0.2, 0.25) is 0 Å². The van der Waals surface area contributed by atoms with Gasteiger partial charge < -0.3 is 18.9 Å². The van der Waals surface area contributed by atoms with Crippen molar-refractivity contribution in [3.63, 3.8) is 0 Å². The molecule has 1 aromatic rings. The molecule has 0 unspecified atom stereocenters. The third kappa shape index (κ3) is 6.25. The molecule has 0 aromatic heterocycles. The summed E-state index contributed by atoms with van der Waals surface area (Å²) < 4.78 is 20.7. The van der Waals surface area contributed by atoms with Crippen molar-refractivity contribution < 1.29 is 18.9 Å². The van der Waals surface area contributed by atoms with E-state index in [-0.39, 0.29) is 12.9 Å². The average molecular weight is 264 g/mol. The standard InChI is InChI=1S/C15H20O4/c1-4-14(19-12-16-2)9-10-18-11-13-5-7-15(17-3)8-6-13/h1,5-8,14H,9-12H2,2-3H3/t14-/m0/s1. The van der Waals surface area contributed by atoms with Gasteiger partial charge in [-0.1, -0.05) is 18.1 Å². The normalized spacial score (nSPS) is 11.8. The summed E-state index contributed by atoms with van der Waals surface area (Å²) in [5.74, 6) is 3.39. The number of rotatable bonds is 9. The molecule has 0 saturated carbocycles. The van der Waals surface area contributed by atoms with E-state index in [9.17, 15) is 0 Å². The molecule has 0 radical (unpaired) electrons. The van der Waals surface area contributed by atoms with Crippen LogP contribution in [0.25, 0.3) is 0 Å². The molecule has 1 rings (SSSR count). The third-order valence-corrected chi connectivity index (χ3v) is 2.53. The molecule has 0 N–H and O–H groups in total. The lowest BCUT2D eigenvalue weighted by Crippen LogP contribution is -2.15. The third-order valence-electron chi connectivity index (χ3n) is 2.53. The minimum absolute atomic E-state index is 0.202. The zero-order valence-corrected chi connectivity index (χ0v) is 11.4. The predicted molar refractivity (Wildman–Crippen MR) is 72.8 cm³/mol. The van der Waals surface area contributed by atoms with Gasteiger partial charge in [-0.15, -0.1) is 6.42 Å². The second-order valence-corrected chi connectivity index (χ2v) is 3.92. The molecule has 0 spiro atoms. The maximum Gasteiger partial charge on any atom is 0.148 e. The van der Waals surface area contributed by atoms with Gasteiger partial charge in [0.25, 0.3) is 0 Å². The van der Waals surface area contributed by atoms with Gasteiger partial charge in [-0.25, -0.2) is 0 Å². The first-order valence-corrected chi connectivity index (χ1v) is 6.07. The van der Waals surface area contributed by atoms with E-state index in [2.05, 4.69) is 5.92 Å². The summed E-state index contributed by atoms with van der Waals surface area (Å²) in [6.07, 6.45) is 5.72. The van der Waals surface area contributed by atoms with E-state index < -0.39 is 0 Å². The number of benzene rings is 1. The lowest BCUT2D eigenvalue weighted by atomic mass is 10.2. The van der Waals surface area contributed by atoms with Crippen molar-refractivity contribution in [2.75, 3.05) is 27.6 Å². The Morgan fingerprint density at radius 3 is 2.53 bits per heavy atom. The fourth-order valence-corrected chi connectivity index (χ4v) is 1.47. The summed E-state index contributed by atoms with van der Waals surface area (Å²) in [4.78, 5) is 0. The molecule has 0 fully saturated rings. The molecule has 104 valence electrons. The Bertz CT molecular complexity index is 380. The van der Waals surface area contributed by atoms with Crippen LogP contribution in [-0.2, 0) is 20.8 Å². The highest BCUT2D eigenvalue weighted by molar-refractivity contribution is 5.26. The van der Waals surface area contributed by atoms with E-state index >= 15 is 0 Å². The second-order valence-electron chi connectivity index (χ2n) is 3.92. The van der Waals surface area contributed by atoms with Gasteiger partial charge in [-0.05, 0) is 17.7 Å². The van der Waals surface area contributed by atoms with Crippen molar-refractivity contribution in [1.82, 2.24) is 0 Å². The highest BCUT2D eigenvalue weighted by atomic mass is 16.7. The Balaban J connectivity index is 2.20. The van der Waals surface area contributed by atoms with Crippen LogP contribution in [0, 0.1) is 12.3 Å². The van der Waals surface area contributed by atoms with Crippen LogP contribution < -0.4 is 4.74 Å². The number of ether oxygens (including phenoxy) is 4. The SMILES string of the molecule is C#C[C@@H](CCOCc1ccc(OC)cc1)OCOC. The summed E-state index contributed by atoms with van der Waals surface area (Å²) in [6, 6.07) is 7.76. The van der Waals surface area contributed by atoms with Crippen LogP contribution in [0.5, 0.6) is 5.75 Å². The fourth-order valence-electron chi connectivity index (χ4n) is 1.47. The van der Waals surface area contributed by atoms with E-state index in [1.54, 1.807) is 14.2 Å².